The fourth-order valence-electron chi connectivity index (χ4n) is 2.91. The molecule has 2 rings (SSSR count). The highest BCUT2D eigenvalue weighted by atomic mass is 19.1. The molecule has 0 radical (unpaired) electrons. The highest BCUT2D eigenvalue weighted by Gasteiger charge is 2.21. The van der Waals surface area contributed by atoms with E-state index in [1.807, 2.05) is 0 Å². The van der Waals surface area contributed by atoms with Gasteiger partial charge >= 0.3 is 5.97 Å². The molecule has 2 amide bonds. The van der Waals surface area contributed by atoms with Crippen molar-refractivity contribution < 1.29 is 23.9 Å². The molecular weight excluding hydrogens is 353 g/mol. The van der Waals surface area contributed by atoms with Gasteiger partial charge in [0.1, 0.15) is 11.9 Å². The van der Waals surface area contributed by atoms with Crippen LogP contribution in [0.5, 0.6) is 0 Å². The van der Waals surface area contributed by atoms with Crippen molar-refractivity contribution in [2.24, 2.45) is 0 Å². The van der Waals surface area contributed by atoms with Crippen molar-refractivity contribution in [2.45, 2.75) is 45.1 Å². The van der Waals surface area contributed by atoms with Gasteiger partial charge < -0.3 is 20.7 Å². The van der Waals surface area contributed by atoms with Gasteiger partial charge in [-0.15, -0.1) is 0 Å². The lowest BCUT2D eigenvalue weighted by Crippen LogP contribution is -2.47. The zero-order chi connectivity index (χ0) is 19.8. The van der Waals surface area contributed by atoms with Gasteiger partial charge in [0, 0.05) is 43.4 Å². The summed E-state index contributed by atoms with van der Waals surface area (Å²) in [4.78, 5) is 37.3. The number of halogens is 1. The number of aromatic amines is 1. The van der Waals surface area contributed by atoms with Gasteiger partial charge in [0.05, 0.1) is 0 Å². The fourth-order valence-corrected chi connectivity index (χ4v) is 2.91. The number of carboxylic acid groups (broad SMARTS) is 1. The SMILES string of the molecule is CC(=O)NC(Cc1c[nH]c2cc(F)ccc12)C(=O)NCCCCCC(=O)O. The molecule has 0 bridgehead atoms. The third kappa shape index (κ3) is 6.40. The van der Waals surface area contributed by atoms with E-state index in [1.54, 1.807) is 12.3 Å². The minimum atomic E-state index is -0.830. The second-order valence-corrected chi connectivity index (χ2v) is 6.46. The molecule has 1 atom stereocenters. The first-order valence-corrected chi connectivity index (χ1v) is 8.89. The van der Waals surface area contributed by atoms with Crippen LogP contribution in [-0.2, 0) is 20.8 Å². The van der Waals surface area contributed by atoms with Crippen molar-refractivity contribution in [2.75, 3.05) is 6.54 Å². The van der Waals surface area contributed by atoms with Crippen molar-refractivity contribution >= 4 is 28.7 Å². The third-order valence-corrected chi connectivity index (χ3v) is 4.21. The van der Waals surface area contributed by atoms with Gasteiger partial charge in [0.15, 0.2) is 0 Å². The Bertz CT molecular complexity index is 818. The standard InChI is InChI=1S/C19H24FN3O4/c1-12(24)23-17(19(27)21-8-4-2-3-5-18(25)26)9-13-11-22-16-10-14(20)6-7-15(13)16/h6-7,10-11,17,22H,2-5,8-9H2,1H3,(H,21,27)(H,23,24)(H,25,26). The Kier molecular flexibility index (Phi) is 7.34. The van der Waals surface area contributed by atoms with Crippen LogP contribution in [0.15, 0.2) is 24.4 Å². The van der Waals surface area contributed by atoms with E-state index < -0.39 is 12.0 Å². The van der Waals surface area contributed by atoms with Crippen molar-refractivity contribution in [3.8, 4) is 0 Å². The molecular formula is C19H24FN3O4. The Labute approximate surface area is 156 Å². The average Bonchev–Trinajstić information content (AvgIpc) is 2.98. The number of fused-ring (bicyclic) bond motifs is 1. The van der Waals surface area contributed by atoms with Gasteiger partial charge in [-0.2, -0.15) is 0 Å². The molecule has 0 spiro atoms. The number of aromatic nitrogens is 1. The van der Waals surface area contributed by atoms with Gasteiger partial charge in [0.25, 0.3) is 0 Å². The molecule has 0 fully saturated rings. The number of carboxylic acids is 1. The highest BCUT2D eigenvalue weighted by Crippen LogP contribution is 2.20. The lowest BCUT2D eigenvalue weighted by atomic mass is 10.0. The molecule has 1 aromatic carbocycles. The summed E-state index contributed by atoms with van der Waals surface area (Å²) in [6, 6.07) is 3.63. The van der Waals surface area contributed by atoms with E-state index in [2.05, 4.69) is 15.6 Å². The summed E-state index contributed by atoms with van der Waals surface area (Å²) in [7, 11) is 0. The Hall–Kier alpha value is -2.90. The Morgan fingerprint density at radius 1 is 1.22 bits per heavy atom. The van der Waals surface area contributed by atoms with E-state index in [4.69, 9.17) is 5.11 Å². The number of rotatable bonds is 10. The molecule has 146 valence electrons. The van der Waals surface area contributed by atoms with Gasteiger partial charge in [-0.05, 0) is 36.6 Å². The fraction of sp³-hybridized carbons (Fsp3) is 0.421. The molecule has 0 aliphatic rings. The van der Waals surface area contributed by atoms with Gasteiger partial charge in [-0.1, -0.05) is 6.42 Å². The molecule has 27 heavy (non-hydrogen) atoms. The number of H-pyrrole nitrogens is 1. The maximum Gasteiger partial charge on any atom is 0.303 e. The summed E-state index contributed by atoms with van der Waals surface area (Å²) in [5, 5.41) is 14.8. The monoisotopic (exact) mass is 377 g/mol. The van der Waals surface area contributed by atoms with Gasteiger partial charge in [-0.25, -0.2) is 4.39 Å². The van der Waals surface area contributed by atoms with Crippen LogP contribution in [0.1, 0.15) is 38.2 Å². The van der Waals surface area contributed by atoms with Crippen LogP contribution in [0.25, 0.3) is 10.9 Å². The summed E-state index contributed by atoms with van der Waals surface area (Å²) in [6.45, 7) is 1.75. The number of unbranched alkanes of at least 4 members (excludes halogenated alkanes) is 2. The van der Waals surface area contributed by atoms with Gasteiger partial charge in [-0.3, -0.25) is 14.4 Å². The van der Waals surface area contributed by atoms with Crippen molar-refractivity contribution in [1.82, 2.24) is 15.6 Å². The minimum Gasteiger partial charge on any atom is -0.481 e. The molecule has 7 nitrogen and oxygen atoms in total. The van der Waals surface area contributed by atoms with Crippen LogP contribution in [0.4, 0.5) is 4.39 Å². The van der Waals surface area contributed by atoms with E-state index in [0.29, 0.717) is 31.3 Å². The number of aliphatic carboxylic acids is 1. The lowest BCUT2D eigenvalue weighted by Gasteiger charge is -2.17. The Balaban J connectivity index is 1.94. The van der Waals surface area contributed by atoms with Crippen LogP contribution in [0, 0.1) is 5.82 Å². The summed E-state index contributed by atoms with van der Waals surface area (Å²) in [5.74, 6) is -1.80. The number of carbonyl (C=O) groups is 3. The summed E-state index contributed by atoms with van der Waals surface area (Å²) in [5.41, 5.74) is 1.44. The van der Waals surface area contributed by atoms with Crippen molar-refractivity contribution in [3.63, 3.8) is 0 Å². The van der Waals surface area contributed by atoms with Crippen LogP contribution in [0.3, 0.4) is 0 Å². The van der Waals surface area contributed by atoms with E-state index in [9.17, 15) is 18.8 Å². The molecule has 2 aromatic rings. The first-order chi connectivity index (χ1) is 12.9. The smallest absolute Gasteiger partial charge is 0.303 e. The molecule has 0 saturated carbocycles. The first kappa shape index (κ1) is 20.4. The first-order valence-electron chi connectivity index (χ1n) is 8.89. The molecule has 0 saturated heterocycles. The molecule has 1 aromatic heterocycles. The number of carbonyl (C=O) groups excluding carboxylic acids is 2. The Morgan fingerprint density at radius 2 is 2.00 bits per heavy atom. The minimum absolute atomic E-state index is 0.115. The van der Waals surface area contributed by atoms with Crippen LogP contribution >= 0.6 is 0 Å². The zero-order valence-corrected chi connectivity index (χ0v) is 15.2. The number of hydrogen-bond donors (Lipinski definition) is 4. The number of benzene rings is 1. The molecule has 1 unspecified atom stereocenters. The van der Waals surface area contributed by atoms with Crippen LogP contribution in [0.2, 0.25) is 0 Å². The van der Waals surface area contributed by atoms with E-state index in [0.717, 1.165) is 10.9 Å². The number of nitrogens with one attached hydrogen (secondary N) is 3. The van der Waals surface area contributed by atoms with Gasteiger partial charge in [0.2, 0.25) is 11.8 Å². The molecule has 4 N–H and O–H groups in total. The molecule has 0 aliphatic heterocycles. The van der Waals surface area contributed by atoms with Crippen LogP contribution < -0.4 is 10.6 Å². The summed E-state index contributed by atoms with van der Waals surface area (Å²) >= 11 is 0. The highest BCUT2D eigenvalue weighted by molar-refractivity contribution is 5.89. The summed E-state index contributed by atoms with van der Waals surface area (Å²) < 4.78 is 13.3. The predicted molar refractivity (Wildman–Crippen MR) is 98.7 cm³/mol. The zero-order valence-electron chi connectivity index (χ0n) is 15.2. The maximum atomic E-state index is 13.3. The third-order valence-electron chi connectivity index (χ3n) is 4.21. The number of hydrogen-bond acceptors (Lipinski definition) is 3. The second kappa shape index (κ2) is 9.70. The normalized spacial score (nSPS) is 11.9. The van der Waals surface area contributed by atoms with E-state index in [-0.39, 0.29) is 30.5 Å². The Morgan fingerprint density at radius 3 is 2.70 bits per heavy atom. The maximum absolute atomic E-state index is 13.3. The molecule has 0 aliphatic carbocycles. The largest absolute Gasteiger partial charge is 0.481 e. The average molecular weight is 377 g/mol. The van der Waals surface area contributed by atoms with E-state index in [1.165, 1.54) is 19.1 Å². The topological polar surface area (TPSA) is 111 Å². The molecule has 8 heteroatoms. The quantitative estimate of drug-likeness (QED) is 0.475. The van der Waals surface area contributed by atoms with E-state index >= 15 is 0 Å². The predicted octanol–water partition coefficient (Wildman–Crippen LogP) is 2.12. The van der Waals surface area contributed by atoms with Crippen LogP contribution in [-0.4, -0.2) is 40.5 Å². The summed E-state index contributed by atoms with van der Waals surface area (Å²) in [6.07, 6.45) is 4.02. The number of amides is 2. The molecule has 1 heterocycles. The van der Waals surface area contributed by atoms with Crippen molar-refractivity contribution in [3.05, 3.63) is 35.8 Å². The second-order valence-electron chi connectivity index (χ2n) is 6.46. The lowest BCUT2D eigenvalue weighted by molar-refractivity contribution is -0.137. The van der Waals surface area contributed by atoms with Crippen molar-refractivity contribution in [1.29, 1.82) is 0 Å².